The molecule has 2 heteroatoms. The number of hydrogen-bond donors (Lipinski definition) is 0. The van der Waals surface area contributed by atoms with Crippen LogP contribution in [0.4, 0.5) is 0 Å². The lowest BCUT2D eigenvalue weighted by Crippen LogP contribution is -2.54. The Morgan fingerprint density at radius 1 is 0.962 bits per heavy atom. The van der Waals surface area contributed by atoms with Crippen molar-refractivity contribution in [3.8, 4) is 0 Å². The van der Waals surface area contributed by atoms with Gasteiger partial charge in [0.05, 0.1) is 0 Å². The van der Waals surface area contributed by atoms with Gasteiger partial charge in [0.25, 0.3) is 0 Å². The fourth-order valence-corrected chi connectivity index (χ4v) is 8.40. The highest BCUT2D eigenvalue weighted by atomic mass is 16.5. The molecule has 4 aliphatic rings. The highest BCUT2D eigenvalue weighted by Gasteiger charge is 2.60. The van der Waals surface area contributed by atoms with E-state index in [-0.39, 0.29) is 7.43 Å². The molecule has 26 heavy (non-hydrogen) atoms. The highest BCUT2D eigenvalue weighted by Crippen LogP contribution is 2.67. The van der Waals surface area contributed by atoms with E-state index in [4.69, 9.17) is 4.74 Å². The number of fused-ring (bicyclic) bond motifs is 5. The Morgan fingerprint density at radius 2 is 1.65 bits per heavy atom. The van der Waals surface area contributed by atoms with Crippen LogP contribution in [0.2, 0.25) is 0 Å². The molecule has 4 rings (SSSR count). The van der Waals surface area contributed by atoms with Gasteiger partial charge < -0.3 is 4.74 Å². The van der Waals surface area contributed by atoms with E-state index in [1.807, 2.05) is 14.0 Å². The zero-order valence-corrected chi connectivity index (χ0v) is 16.9. The molecule has 0 spiro atoms. The summed E-state index contributed by atoms with van der Waals surface area (Å²) in [6, 6.07) is 0. The first-order valence-corrected chi connectivity index (χ1v) is 10.9. The molecule has 0 aromatic carbocycles. The average Bonchev–Trinajstić information content (AvgIpc) is 2.93. The van der Waals surface area contributed by atoms with E-state index in [2.05, 4.69) is 13.8 Å². The molecule has 0 aromatic rings. The lowest BCUT2D eigenvalue weighted by atomic mass is 9.44. The molecule has 0 radical (unpaired) electrons. The fourth-order valence-electron chi connectivity index (χ4n) is 8.40. The van der Waals surface area contributed by atoms with Gasteiger partial charge in [0.15, 0.2) is 0 Å². The summed E-state index contributed by atoms with van der Waals surface area (Å²) in [7, 11) is 1.86. The molecule has 0 amide bonds. The molecule has 8 unspecified atom stereocenters. The summed E-state index contributed by atoms with van der Waals surface area (Å²) < 4.78 is 5.47. The summed E-state index contributed by atoms with van der Waals surface area (Å²) in [4.78, 5) is 12.2. The second kappa shape index (κ2) is 7.22. The van der Waals surface area contributed by atoms with Crippen molar-refractivity contribution in [3.05, 3.63) is 0 Å². The van der Waals surface area contributed by atoms with E-state index in [0.29, 0.717) is 22.5 Å². The monoisotopic (exact) mass is 362 g/mol. The predicted octanol–water partition coefficient (Wildman–Crippen LogP) is 6.13. The zero-order valence-electron chi connectivity index (χ0n) is 16.9. The molecule has 4 fully saturated rings. The third kappa shape index (κ3) is 2.90. The van der Waals surface area contributed by atoms with Gasteiger partial charge in [-0.3, -0.25) is 4.79 Å². The van der Waals surface area contributed by atoms with Crippen LogP contribution in [0, 0.1) is 46.3 Å². The summed E-state index contributed by atoms with van der Waals surface area (Å²) >= 11 is 0. The summed E-state index contributed by atoms with van der Waals surface area (Å²) in [6.07, 6.45) is 12.2. The normalized spacial score (nSPS) is 50.2. The first-order chi connectivity index (χ1) is 11.9. The summed E-state index contributed by atoms with van der Waals surface area (Å²) in [5, 5.41) is 0. The van der Waals surface area contributed by atoms with Crippen LogP contribution >= 0.6 is 0 Å². The van der Waals surface area contributed by atoms with Crippen molar-refractivity contribution in [1.82, 2.24) is 0 Å². The average molecular weight is 363 g/mol. The third-order valence-electron chi connectivity index (χ3n) is 9.67. The molecule has 150 valence electrons. The van der Waals surface area contributed by atoms with Gasteiger partial charge in [-0.05, 0) is 105 Å². The minimum atomic E-state index is 0. The molecule has 4 saturated carbocycles. The molecule has 4 aliphatic carbocycles. The Labute approximate surface area is 161 Å². The number of carbonyl (C=O) groups excluding carboxylic acids is 1. The molecular weight excluding hydrogens is 320 g/mol. The standard InChI is InChI=1S/C23H38O2.CH4/c1-15(24)19-7-8-20-18-6-5-17-13-16(14-25-4)9-11-22(17,2)21(18)10-12-23(19,20)3;/h16-21H,5-14H2,1-4H3;1H4. The van der Waals surface area contributed by atoms with Gasteiger partial charge in [-0.2, -0.15) is 0 Å². The zero-order chi connectivity index (χ0) is 17.8. The molecule has 8 atom stereocenters. The topological polar surface area (TPSA) is 26.3 Å². The first kappa shape index (κ1) is 20.4. The number of hydrogen-bond acceptors (Lipinski definition) is 2. The smallest absolute Gasteiger partial charge is 0.133 e. The summed E-state index contributed by atoms with van der Waals surface area (Å²) in [5.41, 5.74) is 0.867. The van der Waals surface area contributed by atoms with Gasteiger partial charge in [-0.25, -0.2) is 0 Å². The van der Waals surface area contributed by atoms with Crippen molar-refractivity contribution in [2.75, 3.05) is 13.7 Å². The molecule has 0 saturated heterocycles. The van der Waals surface area contributed by atoms with Gasteiger partial charge in [0.2, 0.25) is 0 Å². The minimum Gasteiger partial charge on any atom is -0.384 e. The van der Waals surface area contributed by atoms with Crippen LogP contribution in [0.15, 0.2) is 0 Å². The van der Waals surface area contributed by atoms with Crippen molar-refractivity contribution >= 4 is 5.78 Å². The van der Waals surface area contributed by atoms with Crippen LogP contribution in [-0.2, 0) is 9.53 Å². The van der Waals surface area contributed by atoms with E-state index in [0.717, 1.165) is 42.6 Å². The number of carbonyl (C=O) groups is 1. The molecule has 2 nitrogen and oxygen atoms in total. The second-order valence-electron chi connectivity index (χ2n) is 10.5. The molecule has 0 aromatic heterocycles. The van der Waals surface area contributed by atoms with Crippen LogP contribution in [0.25, 0.3) is 0 Å². The number of ketones is 1. The Balaban J connectivity index is 0.00000196. The first-order valence-electron chi connectivity index (χ1n) is 10.9. The van der Waals surface area contributed by atoms with E-state index < -0.39 is 0 Å². The Bertz CT molecular complexity index is 528. The minimum absolute atomic E-state index is 0. The molecule has 0 heterocycles. The number of Topliss-reactive ketones (excluding diaryl/α,β-unsaturated/α-hetero) is 1. The Kier molecular flexibility index (Phi) is 5.66. The maximum Gasteiger partial charge on any atom is 0.133 e. The van der Waals surface area contributed by atoms with Crippen LogP contribution in [0.5, 0.6) is 0 Å². The van der Waals surface area contributed by atoms with Crippen molar-refractivity contribution in [3.63, 3.8) is 0 Å². The maximum atomic E-state index is 12.2. The largest absolute Gasteiger partial charge is 0.384 e. The summed E-state index contributed by atoms with van der Waals surface area (Å²) in [5.74, 6) is 5.14. The molecule has 0 bridgehead atoms. The second-order valence-corrected chi connectivity index (χ2v) is 10.5. The van der Waals surface area contributed by atoms with E-state index in [1.165, 1.54) is 51.4 Å². The van der Waals surface area contributed by atoms with E-state index >= 15 is 0 Å². The maximum absolute atomic E-state index is 12.2. The highest BCUT2D eigenvalue weighted by molar-refractivity contribution is 5.79. The Morgan fingerprint density at radius 3 is 2.35 bits per heavy atom. The van der Waals surface area contributed by atoms with Crippen LogP contribution in [0.1, 0.15) is 86.0 Å². The fraction of sp³-hybridized carbons (Fsp3) is 0.958. The van der Waals surface area contributed by atoms with Gasteiger partial charge in [-0.1, -0.05) is 21.3 Å². The molecule has 0 aliphatic heterocycles. The quantitative estimate of drug-likeness (QED) is 0.603. The molecule has 0 N–H and O–H groups in total. The predicted molar refractivity (Wildman–Crippen MR) is 108 cm³/mol. The van der Waals surface area contributed by atoms with Gasteiger partial charge in [-0.15, -0.1) is 0 Å². The van der Waals surface area contributed by atoms with E-state index in [9.17, 15) is 4.79 Å². The summed E-state index contributed by atoms with van der Waals surface area (Å²) in [6.45, 7) is 7.91. The van der Waals surface area contributed by atoms with Gasteiger partial charge in [0.1, 0.15) is 5.78 Å². The van der Waals surface area contributed by atoms with Crippen LogP contribution in [-0.4, -0.2) is 19.5 Å². The number of ether oxygens (including phenoxy) is 1. The third-order valence-corrected chi connectivity index (χ3v) is 9.67. The lowest BCUT2D eigenvalue weighted by molar-refractivity contribution is -0.136. The van der Waals surface area contributed by atoms with Crippen molar-refractivity contribution < 1.29 is 9.53 Å². The Hall–Kier alpha value is -0.370. The number of rotatable bonds is 3. The van der Waals surface area contributed by atoms with Crippen LogP contribution in [0.3, 0.4) is 0 Å². The van der Waals surface area contributed by atoms with Crippen molar-refractivity contribution in [1.29, 1.82) is 0 Å². The number of methoxy groups -OCH3 is 1. The van der Waals surface area contributed by atoms with Crippen molar-refractivity contribution in [2.45, 2.75) is 86.0 Å². The lowest BCUT2D eigenvalue weighted by Gasteiger charge is -2.61. The van der Waals surface area contributed by atoms with Crippen LogP contribution < -0.4 is 0 Å². The van der Waals surface area contributed by atoms with E-state index in [1.54, 1.807) is 0 Å². The van der Waals surface area contributed by atoms with Gasteiger partial charge >= 0.3 is 0 Å². The molecular formula is C24H42O2. The van der Waals surface area contributed by atoms with Gasteiger partial charge in [0, 0.05) is 19.6 Å². The van der Waals surface area contributed by atoms with Crippen molar-refractivity contribution in [2.24, 2.45) is 46.3 Å². The SMILES string of the molecule is C.COCC1CCC2(C)C(CCC3C2CCC2(C)C(C(C)=O)CCC32)C1.